The lowest BCUT2D eigenvalue weighted by Crippen LogP contribution is -2.64. The van der Waals surface area contributed by atoms with Crippen LogP contribution in [0.2, 0.25) is 0 Å². The van der Waals surface area contributed by atoms with Crippen molar-refractivity contribution >= 4 is 40.8 Å². The van der Waals surface area contributed by atoms with Gasteiger partial charge in [-0.15, -0.1) is 0 Å². The molecule has 1 aliphatic rings. The summed E-state index contributed by atoms with van der Waals surface area (Å²) >= 11 is 17.6. The Hall–Kier alpha value is -1.04. The van der Waals surface area contributed by atoms with Gasteiger partial charge >= 0.3 is 11.9 Å². The fourth-order valence-electron chi connectivity index (χ4n) is 1.87. The number of ether oxygens (including phenoxy) is 2. The van der Waals surface area contributed by atoms with Crippen LogP contribution in [0.5, 0.6) is 11.5 Å². The van der Waals surface area contributed by atoms with Crippen LogP contribution in [0.3, 0.4) is 0 Å². The Balaban J connectivity index is 2.42. The number of halogens is 3. The Kier molecular flexibility index (Phi) is 3.89. The van der Waals surface area contributed by atoms with Gasteiger partial charge in [-0.3, -0.25) is 5.32 Å². The van der Waals surface area contributed by atoms with Gasteiger partial charge in [-0.2, -0.15) is 0 Å². The Bertz CT molecular complexity index is 581. The van der Waals surface area contributed by atoms with E-state index in [-0.39, 0.29) is 5.41 Å². The van der Waals surface area contributed by atoms with Crippen molar-refractivity contribution in [1.29, 1.82) is 0 Å². The molecule has 0 saturated carbocycles. The van der Waals surface area contributed by atoms with E-state index in [4.69, 9.17) is 50.0 Å². The molecular weight excluding hydrogens is 339 g/mol. The third kappa shape index (κ3) is 3.10. The summed E-state index contributed by atoms with van der Waals surface area (Å²) in [5.41, 5.74) is 6.01. The molecule has 0 fully saturated rings. The van der Waals surface area contributed by atoms with Crippen molar-refractivity contribution in [3.05, 3.63) is 23.8 Å². The molecule has 2 rings (SSSR count). The summed E-state index contributed by atoms with van der Waals surface area (Å²) in [4.78, 5) is 11.2. The van der Waals surface area contributed by atoms with E-state index in [1.807, 2.05) is 26.8 Å². The van der Waals surface area contributed by atoms with Crippen LogP contribution >= 0.6 is 34.8 Å². The highest BCUT2D eigenvalue weighted by Crippen LogP contribution is 2.49. The molecule has 21 heavy (non-hydrogen) atoms. The van der Waals surface area contributed by atoms with E-state index in [0.717, 1.165) is 5.56 Å². The maximum atomic E-state index is 11.2. The summed E-state index contributed by atoms with van der Waals surface area (Å²) in [5, 5.41) is 2.20. The average molecular weight is 354 g/mol. The van der Waals surface area contributed by atoms with Crippen molar-refractivity contribution in [3.63, 3.8) is 0 Å². The first-order valence-corrected chi connectivity index (χ1v) is 7.25. The highest BCUT2D eigenvalue weighted by atomic mass is 35.6. The van der Waals surface area contributed by atoms with Crippen molar-refractivity contribution in [1.82, 2.24) is 5.32 Å². The number of hydrogen-bond acceptors (Lipinski definition) is 3. The van der Waals surface area contributed by atoms with Gasteiger partial charge in [0, 0.05) is 0 Å². The summed E-state index contributed by atoms with van der Waals surface area (Å²) < 4.78 is 9.00. The smallest absolute Gasteiger partial charge is 0.389 e. The second-order valence-electron chi connectivity index (χ2n) is 5.72. The number of carbonyl (C=O) groups excluding carboxylic acids is 1. The quantitative estimate of drug-likeness (QED) is 0.759. The summed E-state index contributed by atoms with van der Waals surface area (Å²) in [5.74, 6) is -1.28. The predicted octanol–water partition coefficient (Wildman–Crippen LogP) is 3.45. The van der Waals surface area contributed by atoms with Crippen LogP contribution in [-0.2, 0) is 5.41 Å². The Morgan fingerprint density at radius 1 is 1.19 bits per heavy atom. The number of alkyl halides is 3. The minimum Gasteiger partial charge on any atom is -0.428 e. The van der Waals surface area contributed by atoms with Gasteiger partial charge < -0.3 is 15.2 Å². The lowest BCUT2D eigenvalue weighted by atomic mass is 9.87. The molecule has 0 aliphatic carbocycles. The number of urea groups is 1. The normalized spacial score (nSPS) is 21.2. The number of carbonyl (C=O) groups is 1. The molecule has 1 aliphatic heterocycles. The SMILES string of the molecule is CC(C)(C)c1ccc2c(c1)OC(NC(N)=O)(C(Cl)(Cl)Cl)O2. The van der Waals surface area contributed by atoms with Crippen molar-refractivity contribution in [2.75, 3.05) is 0 Å². The van der Waals surface area contributed by atoms with Crippen molar-refractivity contribution < 1.29 is 14.3 Å². The van der Waals surface area contributed by atoms with E-state index in [9.17, 15) is 4.79 Å². The van der Waals surface area contributed by atoms with E-state index in [2.05, 4.69) is 5.32 Å². The number of nitrogens with one attached hydrogen (secondary N) is 1. The van der Waals surface area contributed by atoms with Gasteiger partial charge in [0.15, 0.2) is 11.5 Å². The molecule has 0 radical (unpaired) electrons. The number of primary amides is 1. The molecule has 2 amide bonds. The first kappa shape index (κ1) is 16.3. The second-order valence-corrected chi connectivity index (χ2v) is 8.00. The lowest BCUT2D eigenvalue weighted by molar-refractivity contribution is -0.0926. The van der Waals surface area contributed by atoms with Gasteiger partial charge in [-0.05, 0) is 23.1 Å². The minimum absolute atomic E-state index is 0.0965. The average Bonchev–Trinajstić information content (AvgIpc) is 2.63. The van der Waals surface area contributed by atoms with Crippen molar-refractivity contribution in [3.8, 4) is 11.5 Å². The summed E-state index contributed by atoms with van der Waals surface area (Å²) in [6.45, 7) is 6.15. The van der Waals surface area contributed by atoms with Gasteiger partial charge in [0.1, 0.15) is 0 Å². The number of benzene rings is 1. The Morgan fingerprint density at radius 3 is 2.24 bits per heavy atom. The molecule has 0 bridgehead atoms. The number of hydrogen-bond donors (Lipinski definition) is 2. The second kappa shape index (κ2) is 5.00. The zero-order valence-electron chi connectivity index (χ0n) is 11.7. The highest BCUT2D eigenvalue weighted by molar-refractivity contribution is 6.68. The summed E-state index contributed by atoms with van der Waals surface area (Å²) in [6.07, 6.45) is 0. The number of amides is 2. The fraction of sp³-hybridized carbons (Fsp3) is 0.462. The molecule has 1 unspecified atom stereocenters. The first-order chi connectivity index (χ1) is 9.45. The van der Waals surface area contributed by atoms with E-state index >= 15 is 0 Å². The molecule has 0 saturated heterocycles. The van der Waals surface area contributed by atoms with Crippen LogP contribution in [0.15, 0.2) is 18.2 Å². The minimum atomic E-state index is -2.08. The third-order valence-electron chi connectivity index (χ3n) is 2.98. The molecule has 3 N–H and O–H groups in total. The van der Waals surface area contributed by atoms with Gasteiger partial charge in [-0.1, -0.05) is 61.6 Å². The van der Waals surface area contributed by atoms with Crippen LogP contribution in [0.1, 0.15) is 26.3 Å². The Labute approximate surface area is 137 Å². The maximum absolute atomic E-state index is 11.2. The van der Waals surface area contributed by atoms with Gasteiger partial charge in [0.05, 0.1) is 0 Å². The monoisotopic (exact) mass is 352 g/mol. The third-order valence-corrected chi connectivity index (χ3v) is 3.72. The van der Waals surface area contributed by atoms with E-state index in [1.165, 1.54) is 0 Å². The van der Waals surface area contributed by atoms with Crippen LogP contribution in [0.4, 0.5) is 4.79 Å². The lowest BCUT2D eigenvalue weighted by Gasteiger charge is -2.32. The maximum Gasteiger partial charge on any atom is 0.389 e. The summed E-state index contributed by atoms with van der Waals surface area (Å²) in [6, 6.07) is 4.40. The molecule has 1 aromatic carbocycles. The van der Waals surface area contributed by atoms with Gasteiger partial charge in [-0.25, -0.2) is 4.79 Å². The first-order valence-electron chi connectivity index (χ1n) is 6.11. The standard InChI is InChI=1S/C13H15Cl3N2O3/c1-11(2,3)7-4-5-8-9(6-7)21-13(20-8,12(14,15)16)18-10(17)19/h4-6H,1-3H3,(H3,17,18,19). The van der Waals surface area contributed by atoms with Crippen molar-refractivity contribution in [2.24, 2.45) is 5.73 Å². The highest BCUT2D eigenvalue weighted by Gasteiger charge is 2.59. The molecule has 116 valence electrons. The molecule has 5 nitrogen and oxygen atoms in total. The van der Waals surface area contributed by atoms with E-state index in [0.29, 0.717) is 11.5 Å². The zero-order valence-corrected chi connectivity index (χ0v) is 13.9. The van der Waals surface area contributed by atoms with E-state index < -0.39 is 15.7 Å². The van der Waals surface area contributed by atoms with Gasteiger partial charge in [0.2, 0.25) is 0 Å². The predicted molar refractivity (Wildman–Crippen MR) is 82.1 cm³/mol. The summed E-state index contributed by atoms with van der Waals surface area (Å²) in [7, 11) is 0. The Morgan fingerprint density at radius 2 is 1.76 bits per heavy atom. The van der Waals surface area contributed by atoms with Crippen LogP contribution in [-0.4, -0.2) is 15.7 Å². The molecule has 0 spiro atoms. The van der Waals surface area contributed by atoms with Crippen molar-refractivity contribution in [2.45, 2.75) is 35.9 Å². The fourth-order valence-corrected chi connectivity index (χ4v) is 2.24. The topological polar surface area (TPSA) is 73.6 Å². The molecule has 1 atom stereocenters. The van der Waals surface area contributed by atoms with Crippen LogP contribution < -0.4 is 20.5 Å². The largest absolute Gasteiger partial charge is 0.428 e. The van der Waals surface area contributed by atoms with Gasteiger partial charge in [0.25, 0.3) is 3.79 Å². The number of nitrogens with two attached hydrogens (primary N) is 1. The van der Waals surface area contributed by atoms with E-state index in [1.54, 1.807) is 12.1 Å². The molecule has 1 aromatic rings. The molecular formula is C13H15Cl3N2O3. The number of fused-ring (bicyclic) bond motifs is 1. The van der Waals surface area contributed by atoms with Crippen LogP contribution in [0.25, 0.3) is 0 Å². The number of rotatable bonds is 1. The molecule has 1 heterocycles. The zero-order chi connectivity index (χ0) is 16.1. The van der Waals surface area contributed by atoms with Crippen LogP contribution in [0, 0.1) is 0 Å². The molecule has 8 heteroatoms. The molecule has 0 aromatic heterocycles.